The molecule has 0 aliphatic carbocycles. The van der Waals surface area contributed by atoms with E-state index in [9.17, 15) is 8.42 Å². The molecule has 1 aromatic rings. The Hall–Kier alpha value is -0.820. The van der Waals surface area contributed by atoms with E-state index < -0.39 is 10.2 Å². The van der Waals surface area contributed by atoms with Crippen LogP contribution in [0, 0.1) is 0 Å². The molecule has 7 heteroatoms. The van der Waals surface area contributed by atoms with Crippen LogP contribution in [0.1, 0.15) is 0 Å². The van der Waals surface area contributed by atoms with Crippen LogP contribution in [-0.2, 0) is 10.2 Å². The molecule has 0 atom stereocenters. The molecule has 0 aliphatic rings. The fraction of sp³-hybridized carbons (Fsp3) is 0.250. The van der Waals surface area contributed by atoms with Gasteiger partial charge in [0.2, 0.25) is 0 Å². The molecular weight excluding hydrogens is 240 g/mol. The van der Waals surface area contributed by atoms with Crippen molar-refractivity contribution in [1.82, 2.24) is 4.72 Å². The van der Waals surface area contributed by atoms with Gasteiger partial charge in [0, 0.05) is 11.6 Å². The number of hydrogen-bond acceptors (Lipinski definition) is 3. The van der Waals surface area contributed by atoms with Crippen molar-refractivity contribution < 1.29 is 13.5 Å². The van der Waals surface area contributed by atoms with Gasteiger partial charge in [0.25, 0.3) is 10.2 Å². The number of hydrogen-bond donors (Lipinski definition) is 3. The molecule has 15 heavy (non-hydrogen) atoms. The Labute approximate surface area is 93.3 Å². The Bertz CT molecular complexity index is 422. The Balaban J connectivity index is 2.69. The molecule has 3 N–H and O–H groups in total. The molecule has 0 bridgehead atoms. The molecule has 1 rings (SSSR count). The Morgan fingerprint density at radius 1 is 1.40 bits per heavy atom. The summed E-state index contributed by atoms with van der Waals surface area (Å²) in [5.41, 5.74) is 0.368. The van der Waals surface area contributed by atoms with E-state index in [-0.39, 0.29) is 13.2 Å². The summed E-state index contributed by atoms with van der Waals surface area (Å²) in [7, 11) is -3.63. The Morgan fingerprint density at radius 3 is 2.73 bits per heavy atom. The number of anilines is 1. The van der Waals surface area contributed by atoms with Crippen LogP contribution in [0.4, 0.5) is 5.69 Å². The molecule has 0 heterocycles. The summed E-state index contributed by atoms with van der Waals surface area (Å²) >= 11 is 5.68. The van der Waals surface area contributed by atoms with Crippen molar-refractivity contribution in [2.24, 2.45) is 0 Å². The van der Waals surface area contributed by atoms with Crippen LogP contribution in [0.3, 0.4) is 0 Å². The minimum Gasteiger partial charge on any atom is -0.395 e. The maximum absolute atomic E-state index is 11.3. The van der Waals surface area contributed by atoms with Gasteiger partial charge in [-0.2, -0.15) is 13.1 Å². The standard InChI is InChI=1S/C8H11ClN2O3S/c9-7-2-1-3-8(6-7)11-15(13,14)10-4-5-12/h1-3,6,10-12H,4-5H2. The summed E-state index contributed by atoms with van der Waals surface area (Å²) in [5, 5.41) is 8.91. The van der Waals surface area contributed by atoms with Crippen LogP contribution in [-0.4, -0.2) is 26.7 Å². The predicted octanol–water partition coefficient (Wildman–Crippen LogP) is 0.579. The molecule has 0 unspecified atom stereocenters. The lowest BCUT2D eigenvalue weighted by Crippen LogP contribution is -2.32. The van der Waals surface area contributed by atoms with E-state index in [2.05, 4.69) is 9.44 Å². The first-order chi connectivity index (χ1) is 7.03. The fourth-order valence-electron chi connectivity index (χ4n) is 0.923. The van der Waals surface area contributed by atoms with Crippen molar-refractivity contribution in [2.45, 2.75) is 0 Å². The van der Waals surface area contributed by atoms with Gasteiger partial charge in [0.15, 0.2) is 0 Å². The molecule has 0 saturated carbocycles. The lowest BCUT2D eigenvalue weighted by Gasteiger charge is -2.08. The second-order valence-electron chi connectivity index (χ2n) is 2.73. The molecule has 84 valence electrons. The molecule has 0 aromatic heterocycles. The highest BCUT2D eigenvalue weighted by Gasteiger charge is 2.08. The van der Waals surface area contributed by atoms with Gasteiger partial charge in [-0.3, -0.25) is 4.72 Å². The molecule has 0 fully saturated rings. The van der Waals surface area contributed by atoms with Crippen molar-refractivity contribution in [3.05, 3.63) is 29.3 Å². The molecular formula is C8H11ClN2O3S. The molecule has 0 spiro atoms. The molecule has 5 nitrogen and oxygen atoms in total. The van der Waals surface area contributed by atoms with Gasteiger partial charge >= 0.3 is 0 Å². The highest BCUT2D eigenvalue weighted by Crippen LogP contribution is 2.15. The molecule has 1 aromatic carbocycles. The van der Waals surface area contributed by atoms with Crippen LogP contribution in [0.2, 0.25) is 5.02 Å². The fourth-order valence-corrected chi connectivity index (χ4v) is 1.98. The number of halogens is 1. The molecule has 0 aliphatic heterocycles. The van der Waals surface area contributed by atoms with E-state index in [1.165, 1.54) is 6.07 Å². The predicted molar refractivity (Wildman–Crippen MR) is 59.1 cm³/mol. The average molecular weight is 251 g/mol. The zero-order chi connectivity index (χ0) is 11.3. The second-order valence-corrected chi connectivity index (χ2v) is 4.67. The SMILES string of the molecule is O=S(=O)(NCCO)Nc1cccc(Cl)c1. The van der Waals surface area contributed by atoms with Crippen LogP contribution >= 0.6 is 11.6 Å². The first kappa shape index (κ1) is 12.3. The Morgan fingerprint density at radius 2 is 2.13 bits per heavy atom. The summed E-state index contributed by atoms with van der Waals surface area (Å²) in [4.78, 5) is 0. The lowest BCUT2D eigenvalue weighted by atomic mass is 10.3. The number of nitrogens with one attached hydrogen (secondary N) is 2. The third kappa shape index (κ3) is 4.48. The summed E-state index contributed by atoms with van der Waals surface area (Å²) < 4.78 is 27.0. The van der Waals surface area contributed by atoms with Gasteiger partial charge in [-0.1, -0.05) is 17.7 Å². The van der Waals surface area contributed by atoms with Crippen LogP contribution in [0.15, 0.2) is 24.3 Å². The number of aliphatic hydroxyl groups is 1. The molecule has 0 saturated heterocycles. The van der Waals surface area contributed by atoms with E-state index >= 15 is 0 Å². The monoisotopic (exact) mass is 250 g/mol. The van der Waals surface area contributed by atoms with E-state index in [1.807, 2.05) is 0 Å². The molecule has 0 amide bonds. The summed E-state index contributed by atoms with van der Waals surface area (Å²) in [6.45, 7) is -0.285. The van der Waals surface area contributed by atoms with Crippen molar-refractivity contribution in [3.63, 3.8) is 0 Å². The van der Waals surface area contributed by atoms with Crippen LogP contribution in [0.5, 0.6) is 0 Å². The second kappa shape index (κ2) is 5.32. The first-order valence-corrected chi connectivity index (χ1v) is 6.03. The first-order valence-electron chi connectivity index (χ1n) is 4.17. The van der Waals surface area contributed by atoms with E-state index in [4.69, 9.17) is 16.7 Å². The maximum atomic E-state index is 11.3. The average Bonchev–Trinajstić information content (AvgIpc) is 2.14. The highest BCUT2D eigenvalue weighted by atomic mass is 35.5. The third-order valence-corrected chi connectivity index (χ3v) is 2.80. The van der Waals surface area contributed by atoms with Crippen molar-refractivity contribution in [3.8, 4) is 0 Å². The van der Waals surface area contributed by atoms with Gasteiger partial charge in [-0.05, 0) is 18.2 Å². The van der Waals surface area contributed by atoms with Gasteiger partial charge in [-0.25, -0.2) is 0 Å². The number of benzene rings is 1. The van der Waals surface area contributed by atoms with Gasteiger partial charge < -0.3 is 5.11 Å². The minimum absolute atomic E-state index is 0.0318. The van der Waals surface area contributed by atoms with Crippen molar-refractivity contribution >= 4 is 27.5 Å². The maximum Gasteiger partial charge on any atom is 0.299 e. The van der Waals surface area contributed by atoms with Gasteiger partial charge in [0.05, 0.1) is 12.3 Å². The summed E-state index contributed by atoms with van der Waals surface area (Å²) in [6.07, 6.45) is 0. The van der Waals surface area contributed by atoms with Gasteiger partial charge in [-0.15, -0.1) is 0 Å². The highest BCUT2D eigenvalue weighted by molar-refractivity contribution is 7.90. The lowest BCUT2D eigenvalue weighted by molar-refractivity contribution is 0.301. The minimum atomic E-state index is -3.63. The number of aliphatic hydroxyl groups excluding tert-OH is 1. The molecule has 0 radical (unpaired) electrons. The number of rotatable bonds is 5. The largest absolute Gasteiger partial charge is 0.395 e. The third-order valence-electron chi connectivity index (χ3n) is 1.48. The van der Waals surface area contributed by atoms with Crippen LogP contribution in [0.25, 0.3) is 0 Å². The summed E-state index contributed by atoms with van der Waals surface area (Å²) in [5.74, 6) is 0. The summed E-state index contributed by atoms with van der Waals surface area (Å²) in [6, 6.07) is 6.33. The quantitative estimate of drug-likeness (QED) is 0.715. The van der Waals surface area contributed by atoms with E-state index in [1.54, 1.807) is 18.2 Å². The van der Waals surface area contributed by atoms with Gasteiger partial charge in [0.1, 0.15) is 0 Å². The normalized spacial score (nSPS) is 11.3. The Kier molecular flexibility index (Phi) is 4.34. The van der Waals surface area contributed by atoms with Crippen LogP contribution < -0.4 is 9.44 Å². The zero-order valence-electron chi connectivity index (χ0n) is 7.77. The van der Waals surface area contributed by atoms with E-state index in [0.717, 1.165) is 0 Å². The van der Waals surface area contributed by atoms with Crippen molar-refractivity contribution in [2.75, 3.05) is 17.9 Å². The van der Waals surface area contributed by atoms with E-state index in [0.29, 0.717) is 10.7 Å². The smallest absolute Gasteiger partial charge is 0.299 e. The topological polar surface area (TPSA) is 78.4 Å². The van der Waals surface area contributed by atoms with Crippen molar-refractivity contribution in [1.29, 1.82) is 0 Å². The zero-order valence-corrected chi connectivity index (χ0v) is 9.35.